The van der Waals surface area contributed by atoms with Gasteiger partial charge in [0.15, 0.2) is 0 Å². The summed E-state index contributed by atoms with van der Waals surface area (Å²) in [6.07, 6.45) is 0.411. The van der Waals surface area contributed by atoms with Gasteiger partial charge in [0.05, 0.1) is 0 Å². The SMILES string of the molecule is O=S(=O)(O)C1(F)CCC1. The predicted molar refractivity (Wildman–Crippen MR) is 29.2 cm³/mol. The second kappa shape index (κ2) is 1.67. The van der Waals surface area contributed by atoms with Crippen molar-refractivity contribution in [3.05, 3.63) is 0 Å². The van der Waals surface area contributed by atoms with Gasteiger partial charge in [-0.3, -0.25) is 4.55 Å². The van der Waals surface area contributed by atoms with Crippen molar-refractivity contribution >= 4 is 10.1 Å². The van der Waals surface area contributed by atoms with Crippen LogP contribution in [0.15, 0.2) is 0 Å². The van der Waals surface area contributed by atoms with E-state index in [4.69, 9.17) is 4.55 Å². The van der Waals surface area contributed by atoms with E-state index in [-0.39, 0.29) is 12.8 Å². The Balaban J connectivity index is 2.84. The van der Waals surface area contributed by atoms with Crippen LogP contribution in [0.4, 0.5) is 4.39 Å². The van der Waals surface area contributed by atoms with Crippen LogP contribution in [0.2, 0.25) is 0 Å². The molecule has 0 aromatic carbocycles. The van der Waals surface area contributed by atoms with Gasteiger partial charge in [-0.1, -0.05) is 0 Å². The fourth-order valence-corrected chi connectivity index (χ4v) is 1.52. The van der Waals surface area contributed by atoms with Crippen molar-refractivity contribution in [3.8, 4) is 0 Å². The van der Waals surface area contributed by atoms with Crippen LogP contribution in [0.25, 0.3) is 0 Å². The third-order valence-electron chi connectivity index (χ3n) is 1.56. The maximum atomic E-state index is 12.6. The number of rotatable bonds is 1. The maximum Gasteiger partial charge on any atom is 0.300 e. The molecule has 5 heteroatoms. The first-order valence-corrected chi connectivity index (χ1v) is 4.06. The third kappa shape index (κ3) is 0.943. The van der Waals surface area contributed by atoms with Gasteiger partial charge in [-0.25, -0.2) is 4.39 Å². The van der Waals surface area contributed by atoms with Crippen molar-refractivity contribution in [3.63, 3.8) is 0 Å². The minimum absolute atomic E-state index is 0.0637. The first-order valence-electron chi connectivity index (χ1n) is 2.62. The lowest BCUT2D eigenvalue weighted by molar-refractivity contribution is 0.141. The van der Waals surface area contributed by atoms with E-state index in [9.17, 15) is 12.8 Å². The van der Waals surface area contributed by atoms with Crippen molar-refractivity contribution in [2.75, 3.05) is 0 Å². The van der Waals surface area contributed by atoms with E-state index in [1.807, 2.05) is 0 Å². The zero-order valence-electron chi connectivity index (χ0n) is 4.67. The molecule has 0 saturated heterocycles. The minimum atomic E-state index is -4.43. The number of hydrogen-bond donors (Lipinski definition) is 1. The molecular formula is C4H7FO3S. The van der Waals surface area contributed by atoms with E-state index in [1.54, 1.807) is 0 Å². The molecule has 0 aliphatic heterocycles. The van der Waals surface area contributed by atoms with Crippen LogP contribution in [-0.4, -0.2) is 18.0 Å². The summed E-state index contributed by atoms with van der Waals surface area (Å²) in [5, 5.41) is -2.31. The Morgan fingerprint density at radius 2 is 1.89 bits per heavy atom. The monoisotopic (exact) mass is 154 g/mol. The molecule has 3 nitrogen and oxygen atoms in total. The molecule has 9 heavy (non-hydrogen) atoms. The largest absolute Gasteiger partial charge is 0.300 e. The summed E-state index contributed by atoms with van der Waals surface area (Å²) in [7, 11) is -4.43. The molecule has 1 saturated carbocycles. The second-order valence-electron chi connectivity index (χ2n) is 2.21. The van der Waals surface area contributed by atoms with Crippen molar-refractivity contribution in [2.24, 2.45) is 0 Å². The summed E-state index contributed by atoms with van der Waals surface area (Å²) >= 11 is 0. The molecular weight excluding hydrogens is 147 g/mol. The summed E-state index contributed by atoms with van der Waals surface area (Å²) in [5.41, 5.74) is 0. The average molecular weight is 154 g/mol. The molecule has 1 aliphatic carbocycles. The molecule has 1 fully saturated rings. The quantitative estimate of drug-likeness (QED) is 0.566. The Bertz CT molecular complexity index is 204. The van der Waals surface area contributed by atoms with Crippen molar-refractivity contribution in [2.45, 2.75) is 24.3 Å². The van der Waals surface area contributed by atoms with Gasteiger partial charge in [-0.2, -0.15) is 8.42 Å². The van der Waals surface area contributed by atoms with Crippen LogP contribution in [0.3, 0.4) is 0 Å². The summed E-state index contributed by atoms with van der Waals surface area (Å²) in [4.78, 5) is 0. The molecule has 0 radical (unpaired) electrons. The summed E-state index contributed by atoms with van der Waals surface area (Å²) in [6.45, 7) is 0. The Morgan fingerprint density at radius 1 is 1.44 bits per heavy atom. The molecule has 0 amide bonds. The second-order valence-corrected chi connectivity index (χ2v) is 3.89. The molecule has 1 N–H and O–H groups in total. The van der Waals surface area contributed by atoms with Gasteiger partial charge in [-0.15, -0.1) is 0 Å². The summed E-state index contributed by atoms with van der Waals surface area (Å²) in [6, 6.07) is 0. The van der Waals surface area contributed by atoms with Gasteiger partial charge in [0.2, 0.25) is 5.00 Å². The van der Waals surface area contributed by atoms with E-state index in [0.717, 1.165) is 0 Å². The van der Waals surface area contributed by atoms with E-state index in [1.165, 1.54) is 0 Å². The van der Waals surface area contributed by atoms with Gasteiger partial charge >= 0.3 is 0 Å². The maximum absolute atomic E-state index is 12.6. The first kappa shape index (κ1) is 6.95. The highest BCUT2D eigenvalue weighted by molar-refractivity contribution is 7.87. The highest BCUT2D eigenvalue weighted by Gasteiger charge is 2.48. The van der Waals surface area contributed by atoms with E-state index >= 15 is 0 Å². The van der Waals surface area contributed by atoms with Crippen LogP contribution in [0.1, 0.15) is 19.3 Å². The van der Waals surface area contributed by atoms with Crippen LogP contribution in [0, 0.1) is 0 Å². The summed E-state index contributed by atoms with van der Waals surface area (Å²) < 4.78 is 41.0. The molecule has 0 spiro atoms. The molecule has 0 aromatic heterocycles. The van der Waals surface area contributed by atoms with Crippen LogP contribution in [0.5, 0.6) is 0 Å². The number of halogens is 1. The normalized spacial score (nSPS) is 25.1. The summed E-state index contributed by atoms with van der Waals surface area (Å²) in [5.74, 6) is 0. The lowest BCUT2D eigenvalue weighted by atomic mass is 9.97. The van der Waals surface area contributed by atoms with Gasteiger partial charge in [0.1, 0.15) is 0 Å². The highest BCUT2D eigenvalue weighted by atomic mass is 32.2. The van der Waals surface area contributed by atoms with E-state index in [0.29, 0.717) is 6.42 Å². The molecule has 0 heterocycles. The molecule has 1 aliphatic rings. The lowest BCUT2D eigenvalue weighted by Gasteiger charge is -2.29. The van der Waals surface area contributed by atoms with Crippen molar-refractivity contribution in [1.29, 1.82) is 0 Å². The Kier molecular flexibility index (Phi) is 1.29. The van der Waals surface area contributed by atoms with Gasteiger partial charge in [-0.05, 0) is 19.3 Å². The minimum Gasteiger partial charge on any atom is -0.283 e. The van der Waals surface area contributed by atoms with Crippen molar-refractivity contribution in [1.82, 2.24) is 0 Å². The third-order valence-corrected chi connectivity index (χ3v) is 2.90. The fraction of sp³-hybridized carbons (Fsp3) is 1.00. The van der Waals surface area contributed by atoms with Crippen LogP contribution in [-0.2, 0) is 10.1 Å². The van der Waals surface area contributed by atoms with Gasteiger partial charge in [0.25, 0.3) is 10.1 Å². The van der Waals surface area contributed by atoms with Crippen molar-refractivity contribution < 1.29 is 17.4 Å². The Hall–Kier alpha value is -0.160. The zero-order chi connectivity index (χ0) is 7.12. The zero-order valence-corrected chi connectivity index (χ0v) is 5.49. The highest BCUT2D eigenvalue weighted by Crippen LogP contribution is 2.39. The number of alkyl halides is 1. The van der Waals surface area contributed by atoms with Gasteiger partial charge in [0, 0.05) is 0 Å². The molecule has 0 aromatic rings. The first-order chi connectivity index (χ1) is 3.96. The Morgan fingerprint density at radius 3 is 1.89 bits per heavy atom. The standard InChI is InChI=1S/C4H7FO3S/c5-4(2-1-3-4)9(6,7)8/h1-3H2,(H,6,7,8). The topological polar surface area (TPSA) is 54.4 Å². The molecule has 0 bridgehead atoms. The van der Waals surface area contributed by atoms with Crippen LogP contribution >= 0.6 is 0 Å². The average Bonchev–Trinajstić information content (AvgIpc) is 1.57. The number of hydrogen-bond acceptors (Lipinski definition) is 2. The lowest BCUT2D eigenvalue weighted by Crippen LogP contribution is -2.40. The fourth-order valence-electron chi connectivity index (χ4n) is 0.713. The predicted octanol–water partition coefficient (Wildman–Crippen LogP) is 0.724. The molecule has 0 unspecified atom stereocenters. The molecule has 0 atom stereocenters. The Labute approximate surface area is 52.6 Å². The molecule has 1 rings (SSSR count). The van der Waals surface area contributed by atoms with Crippen LogP contribution < -0.4 is 0 Å². The molecule has 54 valence electrons. The smallest absolute Gasteiger partial charge is 0.283 e. The van der Waals surface area contributed by atoms with E-state index < -0.39 is 15.1 Å². The van der Waals surface area contributed by atoms with Gasteiger partial charge < -0.3 is 0 Å². The van der Waals surface area contributed by atoms with E-state index in [2.05, 4.69) is 0 Å².